The van der Waals surface area contributed by atoms with E-state index in [1.54, 1.807) is 12.1 Å². The van der Waals surface area contributed by atoms with Gasteiger partial charge in [-0.15, -0.1) is 0 Å². The summed E-state index contributed by atoms with van der Waals surface area (Å²) in [6.07, 6.45) is 3.72. The second-order valence-electron chi connectivity index (χ2n) is 5.21. The number of ether oxygens (including phenoxy) is 1. The van der Waals surface area contributed by atoms with Gasteiger partial charge in [-0.1, -0.05) is 18.2 Å². The summed E-state index contributed by atoms with van der Waals surface area (Å²) < 4.78 is 32.3. The van der Waals surface area contributed by atoms with Crippen LogP contribution in [0.5, 0.6) is 0 Å². The highest BCUT2D eigenvalue weighted by atomic mass is 19.3. The quantitative estimate of drug-likeness (QED) is 0.853. The van der Waals surface area contributed by atoms with E-state index in [0.717, 1.165) is 18.1 Å². The fourth-order valence-corrected chi connectivity index (χ4v) is 2.24. The van der Waals surface area contributed by atoms with Crippen molar-refractivity contribution in [3.63, 3.8) is 0 Å². The lowest BCUT2D eigenvalue weighted by molar-refractivity contribution is -0.0107. The second-order valence-corrected chi connectivity index (χ2v) is 5.21. The molecule has 0 bridgehead atoms. The van der Waals surface area contributed by atoms with Gasteiger partial charge in [-0.2, -0.15) is 0 Å². The number of alkyl halides is 2. The minimum Gasteiger partial charge on any atom is -0.478 e. The van der Waals surface area contributed by atoms with Gasteiger partial charge in [0, 0.05) is 6.42 Å². The summed E-state index contributed by atoms with van der Waals surface area (Å²) in [5.74, 6) is -3.72. The summed E-state index contributed by atoms with van der Waals surface area (Å²) in [6, 6.07) is 6.38. The van der Waals surface area contributed by atoms with Gasteiger partial charge >= 0.3 is 5.97 Å². The molecule has 1 aliphatic rings. The van der Waals surface area contributed by atoms with Gasteiger partial charge in [0.1, 0.15) is 0 Å². The van der Waals surface area contributed by atoms with Crippen LogP contribution in [0.1, 0.15) is 41.6 Å². The van der Waals surface area contributed by atoms with Gasteiger partial charge in [-0.3, -0.25) is 0 Å². The molecule has 1 aliphatic carbocycles. The van der Waals surface area contributed by atoms with Crippen LogP contribution in [-0.4, -0.2) is 23.1 Å². The third kappa shape index (κ3) is 4.93. The van der Waals surface area contributed by atoms with Crippen LogP contribution < -0.4 is 0 Å². The maximum Gasteiger partial charge on any atom is 0.335 e. The lowest BCUT2D eigenvalue weighted by Crippen LogP contribution is -2.21. The van der Waals surface area contributed by atoms with E-state index in [0.29, 0.717) is 19.4 Å². The minimum absolute atomic E-state index is 0.194. The zero-order valence-electron chi connectivity index (χ0n) is 11.6. The van der Waals surface area contributed by atoms with Gasteiger partial charge in [0.15, 0.2) is 0 Å². The van der Waals surface area contributed by atoms with Crippen LogP contribution in [-0.2, 0) is 11.3 Å². The summed E-state index contributed by atoms with van der Waals surface area (Å²) in [7, 11) is 0. The van der Waals surface area contributed by atoms with Gasteiger partial charge < -0.3 is 9.84 Å². The maximum absolute atomic E-state index is 13.3. The molecule has 0 aliphatic heterocycles. The van der Waals surface area contributed by atoms with E-state index in [1.807, 2.05) is 0 Å². The fraction of sp³-hybridized carbons (Fsp3) is 0.438. The molecule has 2 rings (SSSR count). The first-order chi connectivity index (χ1) is 9.96. The van der Waals surface area contributed by atoms with E-state index in [4.69, 9.17) is 9.84 Å². The van der Waals surface area contributed by atoms with Crippen molar-refractivity contribution in [3.8, 4) is 0 Å². The molecule has 0 saturated carbocycles. The topological polar surface area (TPSA) is 46.5 Å². The number of allylic oxidation sites excluding steroid dienone is 2. The highest BCUT2D eigenvalue weighted by Crippen LogP contribution is 2.27. The number of hydrogen-bond donors (Lipinski definition) is 1. The molecule has 0 saturated heterocycles. The molecule has 1 atom stereocenters. The molecule has 0 radical (unpaired) electrons. The predicted molar refractivity (Wildman–Crippen MR) is 74.5 cm³/mol. The monoisotopic (exact) mass is 296 g/mol. The molecule has 1 aromatic carbocycles. The van der Waals surface area contributed by atoms with Crippen molar-refractivity contribution in [2.45, 2.75) is 44.3 Å². The Bertz CT molecular complexity index is 509. The summed E-state index contributed by atoms with van der Waals surface area (Å²) in [5.41, 5.74) is 1.05. The minimum atomic E-state index is -2.74. The van der Waals surface area contributed by atoms with E-state index in [2.05, 4.69) is 0 Å². The van der Waals surface area contributed by atoms with Crippen LogP contribution in [0, 0.1) is 0 Å². The van der Waals surface area contributed by atoms with Crippen molar-refractivity contribution in [2.75, 3.05) is 0 Å². The zero-order chi connectivity index (χ0) is 15.3. The largest absolute Gasteiger partial charge is 0.478 e. The molecular formula is C16H18F2O3. The molecule has 0 spiro atoms. The van der Waals surface area contributed by atoms with Gasteiger partial charge in [-0.05, 0) is 43.0 Å². The SMILES string of the molecule is O=C(O)c1ccc(COC2CCC=CC(F)(F)CC2)cc1. The molecule has 5 heteroatoms. The summed E-state index contributed by atoms with van der Waals surface area (Å²) in [6.45, 7) is 0.305. The molecule has 114 valence electrons. The number of carbonyl (C=O) groups is 1. The van der Waals surface area contributed by atoms with Crippen LogP contribution in [0.25, 0.3) is 0 Å². The average Bonchev–Trinajstić information content (AvgIpc) is 2.44. The summed E-state index contributed by atoms with van der Waals surface area (Å²) >= 11 is 0. The van der Waals surface area contributed by atoms with Crippen LogP contribution in [0.2, 0.25) is 0 Å². The lowest BCUT2D eigenvalue weighted by Gasteiger charge is -2.22. The van der Waals surface area contributed by atoms with Crippen molar-refractivity contribution >= 4 is 5.97 Å². The third-order valence-electron chi connectivity index (χ3n) is 3.50. The van der Waals surface area contributed by atoms with E-state index in [1.165, 1.54) is 18.2 Å². The predicted octanol–water partition coefficient (Wildman–Crippen LogP) is 4.04. The number of benzene rings is 1. The summed E-state index contributed by atoms with van der Waals surface area (Å²) in [5, 5.41) is 8.81. The average molecular weight is 296 g/mol. The molecule has 1 unspecified atom stereocenters. The Morgan fingerprint density at radius 3 is 2.67 bits per heavy atom. The number of aromatic carboxylic acids is 1. The molecule has 0 amide bonds. The smallest absolute Gasteiger partial charge is 0.335 e. The molecule has 1 aromatic rings. The van der Waals surface area contributed by atoms with Crippen LogP contribution >= 0.6 is 0 Å². The number of carboxylic acid groups (broad SMARTS) is 1. The lowest BCUT2D eigenvalue weighted by atomic mass is 10.0. The van der Waals surface area contributed by atoms with Crippen molar-refractivity contribution in [2.24, 2.45) is 0 Å². The molecule has 0 fully saturated rings. The standard InChI is InChI=1S/C16H18F2O3/c17-16(18)9-2-1-3-14(8-10-16)21-11-12-4-6-13(7-5-12)15(19)20/h2,4-7,9,14H,1,3,8,10-11H2,(H,19,20). The first-order valence-corrected chi connectivity index (χ1v) is 6.96. The Kier molecular flexibility index (Phi) is 5.07. The first kappa shape index (κ1) is 15.6. The molecule has 0 heterocycles. The number of carboxylic acids is 1. The Labute approximate surface area is 122 Å². The van der Waals surface area contributed by atoms with Crippen molar-refractivity contribution in [1.82, 2.24) is 0 Å². The van der Waals surface area contributed by atoms with Gasteiger partial charge in [0.25, 0.3) is 5.92 Å². The molecular weight excluding hydrogens is 278 g/mol. The van der Waals surface area contributed by atoms with Crippen LogP contribution in [0.15, 0.2) is 36.4 Å². The maximum atomic E-state index is 13.3. The molecule has 3 nitrogen and oxygen atoms in total. The zero-order valence-corrected chi connectivity index (χ0v) is 11.6. The Morgan fingerprint density at radius 2 is 2.00 bits per heavy atom. The van der Waals surface area contributed by atoms with Crippen molar-refractivity contribution < 1.29 is 23.4 Å². The van der Waals surface area contributed by atoms with Gasteiger partial charge in [0.05, 0.1) is 18.3 Å². The van der Waals surface area contributed by atoms with E-state index < -0.39 is 11.9 Å². The highest BCUT2D eigenvalue weighted by Gasteiger charge is 2.27. The van der Waals surface area contributed by atoms with Gasteiger partial charge in [0.2, 0.25) is 0 Å². The normalized spacial score (nSPS) is 21.5. The number of hydrogen-bond acceptors (Lipinski definition) is 2. The van der Waals surface area contributed by atoms with Gasteiger partial charge in [-0.25, -0.2) is 13.6 Å². The fourth-order valence-electron chi connectivity index (χ4n) is 2.24. The Hall–Kier alpha value is -1.75. The third-order valence-corrected chi connectivity index (χ3v) is 3.50. The second kappa shape index (κ2) is 6.80. The van der Waals surface area contributed by atoms with E-state index >= 15 is 0 Å². The van der Waals surface area contributed by atoms with Crippen molar-refractivity contribution in [3.05, 3.63) is 47.5 Å². The highest BCUT2D eigenvalue weighted by molar-refractivity contribution is 5.87. The molecule has 0 aromatic heterocycles. The van der Waals surface area contributed by atoms with E-state index in [9.17, 15) is 13.6 Å². The van der Waals surface area contributed by atoms with E-state index in [-0.39, 0.29) is 18.1 Å². The summed E-state index contributed by atoms with van der Waals surface area (Å²) in [4.78, 5) is 10.7. The first-order valence-electron chi connectivity index (χ1n) is 6.96. The molecule has 21 heavy (non-hydrogen) atoms. The van der Waals surface area contributed by atoms with Crippen LogP contribution in [0.3, 0.4) is 0 Å². The molecule has 1 N–H and O–H groups in total. The van der Waals surface area contributed by atoms with Crippen molar-refractivity contribution in [1.29, 1.82) is 0 Å². The number of rotatable bonds is 4. The Morgan fingerprint density at radius 1 is 1.29 bits per heavy atom. The van der Waals surface area contributed by atoms with Crippen LogP contribution in [0.4, 0.5) is 8.78 Å². The number of halogens is 2. The Balaban J connectivity index is 1.87.